The molecular formula is C26H18INO3. The van der Waals surface area contributed by atoms with Gasteiger partial charge in [0.05, 0.1) is 22.9 Å². The summed E-state index contributed by atoms with van der Waals surface area (Å²) >= 11 is 2.20. The summed E-state index contributed by atoms with van der Waals surface area (Å²) in [4.78, 5) is 42.1. The molecule has 1 aliphatic heterocycles. The molecule has 3 aromatic carbocycles. The molecule has 2 bridgehead atoms. The predicted molar refractivity (Wildman–Crippen MR) is 125 cm³/mol. The lowest BCUT2D eigenvalue weighted by Gasteiger charge is -2.56. The highest BCUT2D eigenvalue weighted by atomic mass is 127. The van der Waals surface area contributed by atoms with Gasteiger partial charge in [-0.1, -0.05) is 55.5 Å². The second-order valence-corrected chi connectivity index (χ2v) is 9.97. The van der Waals surface area contributed by atoms with Gasteiger partial charge in [0.25, 0.3) is 0 Å². The van der Waals surface area contributed by atoms with Crippen LogP contribution in [0.4, 0.5) is 5.69 Å². The Morgan fingerprint density at radius 3 is 1.77 bits per heavy atom. The lowest BCUT2D eigenvalue weighted by Crippen LogP contribution is -2.61. The van der Waals surface area contributed by atoms with E-state index in [-0.39, 0.29) is 11.8 Å². The SMILES string of the molecule is CC12c3ccccc3C(C=O)(c3ccccc31)[C@H]1C(=O)N(c3ccc(I)cc3)C(=O)[C@@H]12. The second kappa shape index (κ2) is 6.13. The number of benzene rings is 3. The average molecular weight is 519 g/mol. The first-order valence-corrected chi connectivity index (χ1v) is 11.3. The first kappa shape index (κ1) is 18.9. The number of carbonyl (C=O) groups is 3. The zero-order chi connectivity index (χ0) is 21.5. The Hall–Kier alpha value is -2.80. The molecule has 0 unspecified atom stereocenters. The highest BCUT2D eigenvalue weighted by molar-refractivity contribution is 14.1. The number of carbonyl (C=O) groups excluding carboxylic acids is 3. The molecule has 0 spiro atoms. The molecule has 0 radical (unpaired) electrons. The number of amides is 2. The Morgan fingerprint density at radius 2 is 1.26 bits per heavy atom. The van der Waals surface area contributed by atoms with E-state index < -0.39 is 22.7 Å². The molecule has 3 aromatic rings. The lowest BCUT2D eigenvalue weighted by molar-refractivity contribution is -0.129. The standard InChI is InChI=1S/C26H18INO3/c1-25-17-6-2-4-8-19(17)26(14-29,20-9-5-3-7-18(20)25)22-21(25)23(30)28(24(22)31)16-12-10-15(27)11-13-16/h2-14,21-22H,1H3/t21-,22-,25?,26?/m1/s1. The van der Waals surface area contributed by atoms with Gasteiger partial charge in [-0.15, -0.1) is 0 Å². The van der Waals surface area contributed by atoms with Crippen molar-refractivity contribution in [1.82, 2.24) is 0 Å². The summed E-state index contributed by atoms with van der Waals surface area (Å²) in [5.41, 5.74) is 2.33. The fourth-order valence-electron chi connectivity index (χ4n) is 6.31. The van der Waals surface area contributed by atoms with Gasteiger partial charge in [-0.25, -0.2) is 4.90 Å². The molecule has 0 aromatic heterocycles. The van der Waals surface area contributed by atoms with E-state index in [9.17, 15) is 14.4 Å². The quantitative estimate of drug-likeness (QED) is 0.290. The Balaban J connectivity index is 1.69. The normalized spacial score (nSPS) is 30.1. The van der Waals surface area contributed by atoms with E-state index in [1.165, 1.54) is 4.90 Å². The molecule has 5 heteroatoms. The summed E-state index contributed by atoms with van der Waals surface area (Å²) in [5, 5.41) is 0. The van der Waals surface area contributed by atoms with Crippen molar-refractivity contribution in [3.63, 3.8) is 0 Å². The van der Waals surface area contributed by atoms with Crippen LogP contribution in [0.2, 0.25) is 0 Å². The Labute approximate surface area is 193 Å². The number of anilines is 1. The summed E-state index contributed by atoms with van der Waals surface area (Å²) in [7, 11) is 0. The van der Waals surface area contributed by atoms with Crippen molar-refractivity contribution in [2.45, 2.75) is 17.8 Å². The van der Waals surface area contributed by atoms with Crippen LogP contribution in [0.5, 0.6) is 0 Å². The van der Waals surface area contributed by atoms with Crippen LogP contribution in [0.25, 0.3) is 0 Å². The molecule has 3 aliphatic carbocycles. The zero-order valence-electron chi connectivity index (χ0n) is 16.7. The summed E-state index contributed by atoms with van der Waals surface area (Å²) < 4.78 is 1.02. The van der Waals surface area contributed by atoms with Gasteiger partial charge in [-0.3, -0.25) is 9.59 Å². The van der Waals surface area contributed by atoms with E-state index in [0.29, 0.717) is 5.69 Å². The maximum Gasteiger partial charge on any atom is 0.239 e. The fraction of sp³-hybridized carbons (Fsp3) is 0.192. The number of rotatable bonds is 2. The molecule has 2 atom stereocenters. The van der Waals surface area contributed by atoms with Crippen molar-refractivity contribution in [2.24, 2.45) is 11.8 Å². The number of halogens is 1. The smallest absolute Gasteiger partial charge is 0.239 e. The minimum atomic E-state index is -1.17. The van der Waals surface area contributed by atoms with Gasteiger partial charge in [0.15, 0.2) is 0 Å². The van der Waals surface area contributed by atoms with Crippen LogP contribution in [-0.2, 0) is 25.2 Å². The van der Waals surface area contributed by atoms with Gasteiger partial charge in [0.1, 0.15) is 6.29 Å². The van der Waals surface area contributed by atoms with E-state index in [4.69, 9.17) is 0 Å². The highest BCUT2D eigenvalue weighted by Crippen LogP contribution is 2.66. The van der Waals surface area contributed by atoms with E-state index in [1.807, 2.05) is 60.7 Å². The molecule has 1 saturated heterocycles. The fourth-order valence-corrected chi connectivity index (χ4v) is 6.67. The predicted octanol–water partition coefficient (Wildman–Crippen LogP) is 4.22. The van der Waals surface area contributed by atoms with Crippen LogP contribution >= 0.6 is 22.6 Å². The Kier molecular flexibility index (Phi) is 3.74. The van der Waals surface area contributed by atoms with Crippen LogP contribution < -0.4 is 4.90 Å². The van der Waals surface area contributed by atoms with E-state index in [2.05, 4.69) is 29.5 Å². The Bertz CT molecular complexity index is 1250. The summed E-state index contributed by atoms with van der Waals surface area (Å²) in [6.07, 6.45) is 0.906. The van der Waals surface area contributed by atoms with E-state index in [1.54, 1.807) is 12.1 Å². The lowest BCUT2D eigenvalue weighted by atomic mass is 9.42. The largest absolute Gasteiger partial charge is 0.302 e. The van der Waals surface area contributed by atoms with Gasteiger partial charge in [0, 0.05) is 8.99 Å². The number of imide groups is 1. The average Bonchev–Trinajstić information content (AvgIpc) is 3.07. The zero-order valence-corrected chi connectivity index (χ0v) is 18.9. The molecule has 0 saturated carbocycles. The first-order valence-electron chi connectivity index (χ1n) is 10.3. The third-order valence-electron chi connectivity index (χ3n) is 7.55. The maximum absolute atomic E-state index is 13.9. The van der Waals surface area contributed by atoms with Gasteiger partial charge in [-0.05, 0) is 69.1 Å². The van der Waals surface area contributed by atoms with Gasteiger partial charge >= 0.3 is 0 Å². The molecule has 4 aliphatic rings. The molecule has 1 heterocycles. The molecule has 7 rings (SSSR count). The monoisotopic (exact) mass is 519 g/mol. The summed E-state index contributed by atoms with van der Waals surface area (Å²) in [6, 6.07) is 23.0. The van der Waals surface area contributed by atoms with Crippen LogP contribution in [0, 0.1) is 15.4 Å². The van der Waals surface area contributed by atoms with Crippen LogP contribution in [-0.4, -0.2) is 18.1 Å². The van der Waals surface area contributed by atoms with Crippen molar-refractivity contribution in [1.29, 1.82) is 0 Å². The number of hydrogen-bond donors (Lipinski definition) is 0. The van der Waals surface area contributed by atoms with Crippen molar-refractivity contribution >= 4 is 46.4 Å². The van der Waals surface area contributed by atoms with E-state index >= 15 is 0 Å². The number of hydrogen-bond acceptors (Lipinski definition) is 3. The van der Waals surface area contributed by atoms with Crippen molar-refractivity contribution < 1.29 is 14.4 Å². The third-order valence-corrected chi connectivity index (χ3v) is 8.27. The maximum atomic E-state index is 13.9. The molecular weight excluding hydrogens is 501 g/mol. The first-order chi connectivity index (χ1) is 15.0. The van der Waals surface area contributed by atoms with Crippen LogP contribution in [0.3, 0.4) is 0 Å². The Morgan fingerprint density at radius 1 is 0.774 bits per heavy atom. The number of aldehydes is 1. The molecule has 1 fully saturated rings. The van der Waals surface area contributed by atoms with E-state index in [0.717, 1.165) is 32.1 Å². The van der Waals surface area contributed by atoms with Crippen molar-refractivity contribution in [3.05, 3.63) is 98.6 Å². The van der Waals surface area contributed by atoms with Crippen LogP contribution in [0.1, 0.15) is 29.2 Å². The minimum absolute atomic E-state index is 0.228. The molecule has 152 valence electrons. The summed E-state index contributed by atoms with van der Waals surface area (Å²) in [6.45, 7) is 2.05. The number of nitrogens with zero attached hydrogens (tertiary/aromatic N) is 1. The topological polar surface area (TPSA) is 54.5 Å². The molecule has 0 N–H and O–H groups in total. The molecule has 2 amide bonds. The van der Waals surface area contributed by atoms with Crippen molar-refractivity contribution in [3.8, 4) is 0 Å². The minimum Gasteiger partial charge on any atom is -0.302 e. The third kappa shape index (κ3) is 2.03. The second-order valence-electron chi connectivity index (χ2n) is 8.72. The van der Waals surface area contributed by atoms with Crippen LogP contribution in [0.15, 0.2) is 72.8 Å². The van der Waals surface area contributed by atoms with Crippen molar-refractivity contribution in [2.75, 3.05) is 4.90 Å². The molecule has 4 nitrogen and oxygen atoms in total. The summed E-state index contributed by atoms with van der Waals surface area (Å²) in [5.74, 6) is -1.91. The van der Waals surface area contributed by atoms with Gasteiger partial charge in [0.2, 0.25) is 11.8 Å². The van der Waals surface area contributed by atoms with Gasteiger partial charge < -0.3 is 4.79 Å². The van der Waals surface area contributed by atoms with Gasteiger partial charge in [-0.2, -0.15) is 0 Å². The molecule has 31 heavy (non-hydrogen) atoms. The highest BCUT2D eigenvalue weighted by Gasteiger charge is 2.72.